The summed E-state index contributed by atoms with van der Waals surface area (Å²) in [4.78, 5) is 27.6. The van der Waals surface area contributed by atoms with Crippen molar-refractivity contribution in [3.63, 3.8) is 0 Å². The van der Waals surface area contributed by atoms with Crippen molar-refractivity contribution in [1.29, 1.82) is 0 Å². The Morgan fingerprint density at radius 3 is 2.21 bits per heavy atom. The zero-order valence-corrected chi connectivity index (χ0v) is 22.5. The lowest BCUT2D eigenvalue weighted by Gasteiger charge is -2.32. The van der Waals surface area contributed by atoms with Gasteiger partial charge in [0.15, 0.2) is 0 Å². The lowest BCUT2D eigenvalue weighted by atomic mass is 10.1. The van der Waals surface area contributed by atoms with E-state index in [1.165, 1.54) is 23.1 Å². The van der Waals surface area contributed by atoms with Gasteiger partial charge < -0.3 is 10.2 Å². The summed E-state index contributed by atoms with van der Waals surface area (Å²) >= 11 is 18.3. The van der Waals surface area contributed by atoms with Gasteiger partial charge in [0.2, 0.25) is 21.8 Å². The number of nitrogens with one attached hydrogen (secondary N) is 1. The Hall–Kier alpha value is -2.00. The summed E-state index contributed by atoms with van der Waals surface area (Å²) in [6.07, 6.45) is 0.977. The molecule has 0 heterocycles. The number of sulfonamides is 1. The fourth-order valence-electron chi connectivity index (χ4n) is 3.15. The van der Waals surface area contributed by atoms with Crippen molar-refractivity contribution in [2.24, 2.45) is 5.92 Å². The van der Waals surface area contributed by atoms with Gasteiger partial charge in [-0.05, 0) is 48.7 Å². The van der Waals surface area contributed by atoms with Crippen molar-refractivity contribution in [2.45, 2.75) is 33.4 Å². The SMILES string of the molecule is CC(C)CNC(=O)[C@@H](C)N(Cc1cccc(Cl)c1)C(=O)CN(c1ccc(Cl)cc1Cl)S(C)(=O)=O. The van der Waals surface area contributed by atoms with Gasteiger partial charge in [0.05, 0.1) is 17.0 Å². The maximum absolute atomic E-state index is 13.5. The molecule has 11 heteroatoms. The molecule has 2 rings (SSSR count). The van der Waals surface area contributed by atoms with Crippen molar-refractivity contribution in [2.75, 3.05) is 23.7 Å². The normalized spacial score (nSPS) is 12.4. The summed E-state index contributed by atoms with van der Waals surface area (Å²) in [5.41, 5.74) is 0.807. The van der Waals surface area contributed by atoms with E-state index < -0.39 is 28.5 Å². The van der Waals surface area contributed by atoms with Crippen LogP contribution in [0.2, 0.25) is 15.1 Å². The van der Waals surface area contributed by atoms with Gasteiger partial charge >= 0.3 is 0 Å². The summed E-state index contributed by atoms with van der Waals surface area (Å²) < 4.78 is 26.1. The van der Waals surface area contributed by atoms with E-state index in [0.29, 0.717) is 22.2 Å². The number of rotatable bonds is 10. The molecule has 1 atom stereocenters. The molecule has 0 aliphatic carbocycles. The van der Waals surface area contributed by atoms with E-state index in [-0.39, 0.29) is 29.1 Å². The largest absolute Gasteiger partial charge is 0.354 e. The predicted octanol–water partition coefficient (Wildman–Crippen LogP) is 4.60. The van der Waals surface area contributed by atoms with Gasteiger partial charge in [-0.15, -0.1) is 0 Å². The molecular formula is C23H28Cl3N3O4S. The zero-order chi connectivity index (χ0) is 25.6. The van der Waals surface area contributed by atoms with E-state index in [2.05, 4.69) is 5.32 Å². The zero-order valence-electron chi connectivity index (χ0n) is 19.4. The monoisotopic (exact) mass is 547 g/mol. The molecule has 0 aliphatic rings. The van der Waals surface area contributed by atoms with Crippen LogP contribution in [0.25, 0.3) is 0 Å². The van der Waals surface area contributed by atoms with Crippen LogP contribution in [0.5, 0.6) is 0 Å². The van der Waals surface area contributed by atoms with E-state index in [1.54, 1.807) is 31.2 Å². The number of amides is 2. The highest BCUT2D eigenvalue weighted by atomic mass is 35.5. The third kappa shape index (κ3) is 8.05. The predicted molar refractivity (Wildman–Crippen MR) is 138 cm³/mol. The Labute approximate surface area is 216 Å². The molecule has 2 amide bonds. The molecule has 0 fully saturated rings. The first-order valence-electron chi connectivity index (χ1n) is 10.5. The summed E-state index contributed by atoms with van der Waals surface area (Å²) in [7, 11) is -3.89. The van der Waals surface area contributed by atoms with Crippen LogP contribution in [0.3, 0.4) is 0 Å². The molecule has 0 aromatic heterocycles. The minimum atomic E-state index is -3.89. The second-order valence-corrected chi connectivity index (χ2v) is 11.5. The first-order chi connectivity index (χ1) is 15.8. The Morgan fingerprint density at radius 2 is 1.65 bits per heavy atom. The van der Waals surface area contributed by atoms with Gasteiger partial charge in [-0.3, -0.25) is 13.9 Å². The van der Waals surface area contributed by atoms with Crippen molar-refractivity contribution in [3.8, 4) is 0 Å². The van der Waals surface area contributed by atoms with Gasteiger partial charge in [0.1, 0.15) is 12.6 Å². The molecular weight excluding hydrogens is 521 g/mol. The molecule has 7 nitrogen and oxygen atoms in total. The Bertz CT molecular complexity index is 1140. The highest BCUT2D eigenvalue weighted by molar-refractivity contribution is 7.92. The fourth-order valence-corrected chi connectivity index (χ4v) is 4.78. The summed E-state index contributed by atoms with van der Waals surface area (Å²) in [6.45, 7) is 5.46. The van der Waals surface area contributed by atoms with Gasteiger partial charge in [0, 0.05) is 23.1 Å². The number of hydrogen-bond acceptors (Lipinski definition) is 4. The Morgan fingerprint density at radius 1 is 1.00 bits per heavy atom. The van der Waals surface area contributed by atoms with Gasteiger partial charge in [-0.2, -0.15) is 0 Å². The first-order valence-corrected chi connectivity index (χ1v) is 13.5. The smallest absolute Gasteiger partial charge is 0.244 e. The molecule has 2 aromatic rings. The van der Waals surface area contributed by atoms with Crippen LogP contribution in [-0.2, 0) is 26.2 Å². The Balaban J connectivity index is 2.40. The molecule has 0 unspecified atom stereocenters. The molecule has 0 bridgehead atoms. The average molecular weight is 549 g/mol. The highest BCUT2D eigenvalue weighted by Crippen LogP contribution is 2.30. The molecule has 186 valence electrons. The molecule has 0 radical (unpaired) electrons. The van der Waals surface area contributed by atoms with Crippen LogP contribution in [0.1, 0.15) is 26.3 Å². The molecule has 0 aliphatic heterocycles. The maximum atomic E-state index is 13.5. The van der Waals surface area contributed by atoms with Gasteiger partial charge in [-0.25, -0.2) is 8.42 Å². The second kappa shape index (κ2) is 12.1. The maximum Gasteiger partial charge on any atom is 0.244 e. The molecule has 0 saturated carbocycles. The third-order valence-corrected chi connectivity index (χ3v) is 6.85. The number of hydrogen-bond donors (Lipinski definition) is 1. The lowest BCUT2D eigenvalue weighted by molar-refractivity contribution is -0.139. The van der Waals surface area contributed by atoms with E-state index in [0.717, 1.165) is 10.6 Å². The number of halogens is 3. The Kier molecular flexibility index (Phi) is 10.1. The molecule has 34 heavy (non-hydrogen) atoms. The average Bonchev–Trinajstić information content (AvgIpc) is 2.73. The second-order valence-electron chi connectivity index (χ2n) is 8.33. The van der Waals surface area contributed by atoms with Crippen LogP contribution >= 0.6 is 34.8 Å². The molecule has 1 N–H and O–H groups in total. The summed E-state index contributed by atoms with van der Waals surface area (Å²) in [5, 5.41) is 3.70. The van der Waals surface area contributed by atoms with Crippen LogP contribution in [0.4, 0.5) is 5.69 Å². The van der Waals surface area contributed by atoms with E-state index in [4.69, 9.17) is 34.8 Å². The van der Waals surface area contributed by atoms with Gasteiger partial charge in [0.25, 0.3) is 0 Å². The van der Waals surface area contributed by atoms with Crippen LogP contribution < -0.4 is 9.62 Å². The van der Waals surface area contributed by atoms with E-state index in [1.807, 2.05) is 13.8 Å². The van der Waals surface area contributed by atoms with Crippen LogP contribution in [0.15, 0.2) is 42.5 Å². The topological polar surface area (TPSA) is 86.8 Å². The summed E-state index contributed by atoms with van der Waals surface area (Å²) in [5.74, 6) is -0.705. The minimum Gasteiger partial charge on any atom is -0.354 e. The number of benzene rings is 2. The quantitative estimate of drug-likeness (QED) is 0.470. The number of carbonyl (C=O) groups excluding carboxylic acids is 2. The van der Waals surface area contributed by atoms with Crippen LogP contribution in [-0.4, -0.2) is 50.5 Å². The molecule has 0 saturated heterocycles. The number of nitrogens with zero attached hydrogens (tertiary/aromatic N) is 2. The lowest BCUT2D eigenvalue weighted by Crippen LogP contribution is -2.51. The van der Waals surface area contributed by atoms with E-state index in [9.17, 15) is 18.0 Å². The van der Waals surface area contributed by atoms with Crippen molar-refractivity contribution in [3.05, 3.63) is 63.1 Å². The van der Waals surface area contributed by atoms with Crippen LogP contribution in [0, 0.1) is 5.92 Å². The fraction of sp³-hybridized carbons (Fsp3) is 0.391. The van der Waals surface area contributed by atoms with E-state index >= 15 is 0 Å². The number of anilines is 1. The highest BCUT2D eigenvalue weighted by Gasteiger charge is 2.30. The van der Waals surface area contributed by atoms with Crippen molar-refractivity contribution >= 4 is 62.3 Å². The third-order valence-electron chi connectivity index (χ3n) is 4.95. The molecule has 0 spiro atoms. The van der Waals surface area contributed by atoms with Crippen molar-refractivity contribution in [1.82, 2.24) is 10.2 Å². The standard InChI is InChI=1S/C23H28Cl3N3O4S/c1-15(2)12-27-23(31)16(3)28(13-17-6-5-7-18(24)10-17)22(30)14-29(34(4,32)33)21-9-8-19(25)11-20(21)26/h5-11,15-16H,12-14H2,1-4H3,(H,27,31)/t16-/m1/s1. The van der Waals surface area contributed by atoms with Gasteiger partial charge in [-0.1, -0.05) is 60.8 Å². The molecule has 2 aromatic carbocycles. The minimum absolute atomic E-state index is 0.0572. The summed E-state index contributed by atoms with van der Waals surface area (Å²) in [6, 6.07) is 10.3. The van der Waals surface area contributed by atoms with Crippen molar-refractivity contribution < 1.29 is 18.0 Å². The first kappa shape index (κ1) is 28.2. The number of carbonyl (C=O) groups is 2.